The molecule has 4 rings (SSSR count). The molecule has 0 atom stereocenters. The summed E-state index contributed by atoms with van der Waals surface area (Å²) in [5.41, 5.74) is 2.30. The summed E-state index contributed by atoms with van der Waals surface area (Å²) in [6, 6.07) is 25.5. The maximum absolute atomic E-state index is 12.4. The molecule has 0 saturated carbocycles. The number of hydrogen-bond donors (Lipinski definition) is 3. The monoisotopic (exact) mass is 385 g/mol. The van der Waals surface area contributed by atoms with Gasteiger partial charge < -0.3 is 15.2 Å². The van der Waals surface area contributed by atoms with Gasteiger partial charge in [0.15, 0.2) is 0 Å². The number of benzene rings is 3. The zero-order valence-electron chi connectivity index (χ0n) is 15.5. The van der Waals surface area contributed by atoms with Crippen molar-refractivity contribution in [2.45, 2.75) is 6.54 Å². The Morgan fingerprint density at radius 1 is 0.931 bits per heavy atom. The minimum atomic E-state index is -0.284. The number of amides is 1. The molecule has 3 aromatic carbocycles. The van der Waals surface area contributed by atoms with Crippen molar-refractivity contribution < 1.29 is 14.6 Å². The Hall–Kier alpha value is -4.06. The molecule has 4 aromatic rings. The number of carbonyl (C=O) groups excluding carboxylic acids is 1. The van der Waals surface area contributed by atoms with E-state index in [0.29, 0.717) is 29.2 Å². The van der Waals surface area contributed by atoms with Gasteiger partial charge in [0.2, 0.25) is 0 Å². The quantitative estimate of drug-likeness (QED) is 0.456. The number of phenols is 1. The lowest BCUT2D eigenvalue weighted by Crippen LogP contribution is -2.23. The molecule has 144 valence electrons. The fourth-order valence-electron chi connectivity index (χ4n) is 2.89. The van der Waals surface area contributed by atoms with Crippen LogP contribution in [0.25, 0.3) is 11.3 Å². The van der Waals surface area contributed by atoms with E-state index in [0.717, 1.165) is 11.3 Å². The number of aromatic amines is 1. The van der Waals surface area contributed by atoms with E-state index in [1.807, 2.05) is 54.6 Å². The third kappa shape index (κ3) is 4.44. The number of phenolic OH excluding ortho intramolecular Hbond substituents is 1. The van der Waals surface area contributed by atoms with Crippen molar-refractivity contribution in [3.8, 4) is 28.5 Å². The van der Waals surface area contributed by atoms with Gasteiger partial charge in [0, 0.05) is 12.1 Å². The molecule has 3 N–H and O–H groups in total. The number of rotatable bonds is 6. The van der Waals surface area contributed by atoms with E-state index in [2.05, 4.69) is 15.5 Å². The van der Waals surface area contributed by atoms with Crippen LogP contribution in [0.3, 0.4) is 0 Å². The van der Waals surface area contributed by atoms with Gasteiger partial charge in [0.25, 0.3) is 5.91 Å². The van der Waals surface area contributed by atoms with Crippen molar-refractivity contribution in [2.75, 3.05) is 0 Å². The van der Waals surface area contributed by atoms with E-state index in [1.165, 1.54) is 0 Å². The molecular weight excluding hydrogens is 366 g/mol. The molecule has 0 fully saturated rings. The minimum absolute atomic E-state index is 0.112. The van der Waals surface area contributed by atoms with Crippen LogP contribution in [0.1, 0.15) is 16.1 Å². The molecule has 0 spiro atoms. The topological polar surface area (TPSA) is 87.2 Å². The first kappa shape index (κ1) is 18.3. The molecule has 0 aliphatic heterocycles. The van der Waals surface area contributed by atoms with Crippen molar-refractivity contribution in [1.82, 2.24) is 15.5 Å². The van der Waals surface area contributed by atoms with E-state index in [-0.39, 0.29) is 11.7 Å². The Bertz CT molecular complexity index is 1120. The molecule has 0 aliphatic rings. The van der Waals surface area contributed by atoms with E-state index in [4.69, 9.17) is 4.74 Å². The van der Waals surface area contributed by atoms with Crippen LogP contribution in [-0.2, 0) is 6.54 Å². The van der Waals surface area contributed by atoms with Crippen LogP contribution in [0.5, 0.6) is 17.2 Å². The second kappa shape index (κ2) is 8.31. The lowest BCUT2D eigenvalue weighted by atomic mass is 10.1. The Morgan fingerprint density at radius 3 is 2.52 bits per heavy atom. The van der Waals surface area contributed by atoms with Crippen LogP contribution in [0.2, 0.25) is 0 Å². The van der Waals surface area contributed by atoms with E-state index >= 15 is 0 Å². The van der Waals surface area contributed by atoms with Crippen LogP contribution in [0.4, 0.5) is 0 Å². The smallest absolute Gasteiger partial charge is 0.269 e. The lowest BCUT2D eigenvalue weighted by Gasteiger charge is -2.08. The molecule has 1 amide bonds. The Kier molecular flexibility index (Phi) is 5.25. The molecular formula is C23H19N3O3. The highest BCUT2D eigenvalue weighted by Crippen LogP contribution is 2.27. The number of nitrogens with zero attached hydrogens (tertiary/aromatic N) is 1. The van der Waals surface area contributed by atoms with Crippen LogP contribution in [0.15, 0.2) is 84.9 Å². The molecule has 6 heteroatoms. The van der Waals surface area contributed by atoms with Crippen LogP contribution < -0.4 is 10.1 Å². The van der Waals surface area contributed by atoms with Gasteiger partial charge in [-0.25, -0.2) is 0 Å². The predicted molar refractivity (Wildman–Crippen MR) is 110 cm³/mol. The van der Waals surface area contributed by atoms with E-state index in [9.17, 15) is 9.90 Å². The number of ether oxygens (including phenoxy) is 1. The van der Waals surface area contributed by atoms with Crippen molar-refractivity contribution in [2.24, 2.45) is 0 Å². The van der Waals surface area contributed by atoms with Crippen LogP contribution >= 0.6 is 0 Å². The fraction of sp³-hybridized carbons (Fsp3) is 0.0435. The first-order chi connectivity index (χ1) is 14.2. The van der Waals surface area contributed by atoms with Gasteiger partial charge in [-0.05, 0) is 48.0 Å². The summed E-state index contributed by atoms with van der Waals surface area (Å²) in [6.45, 7) is 0.343. The summed E-state index contributed by atoms with van der Waals surface area (Å²) in [5.74, 6) is 1.28. The number of aromatic hydroxyl groups is 1. The molecule has 1 heterocycles. The van der Waals surface area contributed by atoms with Crippen molar-refractivity contribution in [3.05, 3.63) is 96.2 Å². The van der Waals surface area contributed by atoms with Crippen LogP contribution in [0, 0.1) is 0 Å². The zero-order chi connectivity index (χ0) is 20.1. The molecule has 0 saturated heterocycles. The summed E-state index contributed by atoms with van der Waals surface area (Å²) in [5, 5.41) is 19.6. The van der Waals surface area contributed by atoms with Gasteiger partial charge in [0.05, 0.1) is 5.69 Å². The number of aromatic nitrogens is 2. The van der Waals surface area contributed by atoms with Gasteiger partial charge in [-0.3, -0.25) is 9.89 Å². The summed E-state index contributed by atoms with van der Waals surface area (Å²) in [6.07, 6.45) is 0. The highest BCUT2D eigenvalue weighted by atomic mass is 16.5. The molecule has 6 nitrogen and oxygen atoms in total. The normalized spacial score (nSPS) is 10.5. The molecule has 0 aliphatic carbocycles. The lowest BCUT2D eigenvalue weighted by molar-refractivity contribution is 0.0946. The second-order valence-electron chi connectivity index (χ2n) is 6.43. The van der Waals surface area contributed by atoms with Gasteiger partial charge >= 0.3 is 0 Å². The minimum Gasteiger partial charge on any atom is -0.507 e. The first-order valence-electron chi connectivity index (χ1n) is 9.13. The van der Waals surface area contributed by atoms with Gasteiger partial charge in [-0.2, -0.15) is 5.10 Å². The predicted octanol–water partition coefficient (Wildman–Crippen LogP) is 4.50. The first-order valence-corrected chi connectivity index (χ1v) is 9.13. The average Bonchev–Trinajstić information content (AvgIpc) is 3.23. The number of nitrogens with one attached hydrogen (secondary N) is 2. The third-order valence-electron chi connectivity index (χ3n) is 4.33. The second-order valence-corrected chi connectivity index (χ2v) is 6.43. The summed E-state index contributed by atoms with van der Waals surface area (Å²) >= 11 is 0. The number of H-pyrrole nitrogens is 1. The van der Waals surface area contributed by atoms with Gasteiger partial charge in [0.1, 0.15) is 22.9 Å². The van der Waals surface area contributed by atoms with Gasteiger partial charge in [-0.15, -0.1) is 0 Å². The summed E-state index contributed by atoms with van der Waals surface area (Å²) in [4.78, 5) is 12.4. The number of carbonyl (C=O) groups is 1. The van der Waals surface area contributed by atoms with Crippen LogP contribution in [-0.4, -0.2) is 21.2 Å². The van der Waals surface area contributed by atoms with Crippen molar-refractivity contribution in [1.29, 1.82) is 0 Å². The van der Waals surface area contributed by atoms with Crippen molar-refractivity contribution in [3.63, 3.8) is 0 Å². The Labute approximate surface area is 167 Å². The van der Waals surface area contributed by atoms with E-state index in [1.54, 1.807) is 30.3 Å². The molecule has 29 heavy (non-hydrogen) atoms. The number of hydrogen-bond acceptors (Lipinski definition) is 4. The third-order valence-corrected chi connectivity index (χ3v) is 4.33. The number of para-hydroxylation sites is 2. The zero-order valence-corrected chi connectivity index (χ0v) is 15.5. The standard InChI is InChI=1S/C23H19N3O3/c27-22-12-5-4-11-19(22)20-14-21(26-25-20)23(28)24-15-16-7-6-10-18(13-16)29-17-8-2-1-3-9-17/h1-14,27H,15H2,(H,24,28)(H,25,26). The molecule has 0 bridgehead atoms. The van der Waals surface area contributed by atoms with Crippen molar-refractivity contribution >= 4 is 5.91 Å². The molecule has 0 radical (unpaired) electrons. The summed E-state index contributed by atoms with van der Waals surface area (Å²) in [7, 11) is 0. The average molecular weight is 385 g/mol. The van der Waals surface area contributed by atoms with E-state index < -0.39 is 0 Å². The molecule has 1 aromatic heterocycles. The Morgan fingerprint density at radius 2 is 1.69 bits per heavy atom. The van der Waals surface area contributed by atoms with Gasteiger partial charge in [-0.1, -0.05) is 42.5 Å². The maximum atomic E-state index is 12.4. The summed E-state index contributed by atoms with van der Waals surface area (Å²) < 4.78 is 5.82. The largest absolute Gasteiger partial charge is 0.507 e. The SMILES string of the molecule is O=C(NCc1cccc(Oc2ccccc2)c1)c1cc(-c2ccccc2O)n[nH]1. The Balaban J connectivity index is 1.40. The highest BCUT2D eigenvalue weighted by molar-refractivity contribution is 5.93. The maximum Gasteiger partial charge on any atom is 0.269 e. The molecule has 0 unspecified atom stereocenters. The highest BCUT2D eigenvalue weighted by Gasteiger charge is 2.13. The fourth-order valence-corrected chi connectivity index (χ4v) is 2.89.